The molecule has 0 unspecified atom stereocenters. The van der Waals surface area contributed by atoms with Crippen molar-refractivity contribution in [3.05, 3.63) is 63.3 Å². The predicted octanol–water partition coefficient (Wildman–Crippen LogP) is 5.37. The lowest BCUT2D eigenvalue weighted by Gasteiger charge is -2.58. The monoisotopic (exact) mass is 460 g/mol. The van der Waals surface area contributed by atoms with E-state index in [1.807, 2.05) is 26.8 Å². The van der Waals surface area contributed by atoms with Crippen LogP contribution in [0.3, 0.4) is 0 Å². The van der Waals surface area contributed by atoms with Crippen LogP contribution in [0.4, 0.5) is 0 Å². The maximum Gasteiger partial charge on any atom is 0.199 e. The number of benzene rings is 1. The van der Waals surface area contributed by atoms with E-state index in [1.54, 1.807) is 6.07 Å². The topological polar surface area (TPSA) is 94.8 Å². The van der Waals surface area contributed by atoms with Gasteiger partial charge >= 0.3 is 0 Å². The molecule has 5 nitrogen and oxygen atoms in total. The molecule has 34 heavy (non-hydrogen) atoms. The van der Waals surface area contributed by atoms with Gasteiger partial charge in [0.25, 0.3) is 0 Å². The Hall–Kier alpha value is -2.92. The van der Waals surface area contributed by atoms with Crippen LogP contribution >= 0.6 is 0 Å². The summed E-state index contributed by atoms with van der Waals surface area (Å²) in [4.78, 5) is 26.5. The zero-order chi connectivity index (χ0) is 24.8. The van der Waals surface area contributed by atoms with Gasteiger partial charge in [-0.05, 0) is 75.1 Å². The number of hydrogen-bond donors (Lipinski definition) is 3. The summed E-state index contributed by atoms with van der Waals surface area (Å²) in [5.41, 5.74) is 1.11. The molecular weight excluding hydrogens is 428 g/mol. The standard InChI is InChI=1S/C29H32O5/c1-15-12-28(5)14-27(4)13-20-19(11-18-7-6-8-18)9-10-21(31)23(20)25(32)24(27)26(33)29(28,34)16(2)22(15)17(3)30/h9-11,31-32,34H,2,6-8,12-14H2,1,3-5H3/t27-,28+,29+/m1/s1. The van der Waals surface area contributed by atoms with Crippen LogP contribution in [0, 0.1) is 10.8 Å². The average Bonchev–Trinajstić information content (AvgIpc) is 2.68. The van der Waals surface area contributed by atoms with E-state index in [-0.39, 0.29) is 34.0 Å². The van der Waals surface area contributed by atoms with Crippen molar-refractivity contribution in [3.8, 4) is 5.75 Å². The molecule has 1 aromatic rings. The molecule has 178 valence electrons. The summed E-state index contributed by atoms with van der Waals surface area (Å²) in [5, 5.41) is 34.1. The Morgan fingerprint density at radius 2 is 1.82 bits per heavy atom. The van der Waals surface area contributed by atoms with Gasteiger partial charge in [-0.25, -0.2) is 0 Å². The first-order chi connectivity index (χ1) is 15.8. The Morgan fingerprint density at radius 3 is 2.41 bits per heavy atom. The lowest BCUT2D eigenvalue weighted by atomic mass is 9.46. The highest BCUT2D eigenvalue weighted by Crippen LogP contribution is 2.64. The van der Waals surface area contributed by atoms with Crippen LogP contribution in [0.2, 0.25) is 0 Å². The summed E-state index contributed by atoms with van der Waals surface area (Å²) in [6, 6.07) is 3.42. The fourth-order valence-electron chi connectivity index (χ4n) is 7.17. The third-order valence-corrected chi connectivity index (χ3v) is 8.71. The molecule has 0 aromatic heterocycles. The van der Waals surface area contributed by atoms with Crippen molar-refractivity contribution < 1.29 is 24.9 Å². The molecule has 0 amide bonds. The van der Waals surface area contributed by atoms with Crippen molar-refractivity contribution in [2.45, 2.75) is 71.8 Å². The van der Waals surface area contributed by atoms with E-state index < -0.39 is 22.2 Å². The number of phenols is 1. The summed E-state index contributed by atoms with van der Waals surface area (Å²) in [5.74, 6) is -1.23. The molecule has 5 heteroatoms. The van der Waals surface area contributed by atoms with Crippen molar-refractivity contribution in [1.82, 2.24) is 0 Å². The number of ketones is 2. The third-order valence-electron chi connectivity index (χ3n) is 8.71. The number of allylic oxidation sites excluding steroid dienone is 2. The van der Waals surface area contributed by atoms with E-state index in [0.717, 1.165) is 29.5 Å². The molecule has 0 heterocycles. The lowest BCUT2D eigenvalue weighted by Crippen LogP contribution is -2.64. The summed E-state index contributed by atoms with van der Waals surface area (Å²) in [7, 11) is 0. The molecule has 1 aromatic carbocycles. The Morgan fingerprint density at radius 1 is 1.15 bits per heavy atom. The van der Waals surface area contributed by atoms with E-state index >= 15 is 0 Å². The molecular formula is C29H32O5. The van der Waals surface area contributed by atoms with Gasteiger partial charge in [-0.1, -0.05) is 43.7 Å². The number of aromatic hydroxyl groups is 1. The normalized spacial score (nSPS) is 32.7. The number of rotatable bonds is 2. The number of carbonyl (C=O) groups excluding carboxylic acids is 2. The number of aliphatic hydroxyl groups excluding tert-OH is 1. The van der Waals surface area contributed by atoms with Crippen LogP contribution in [0.15, 0.2) is 46.6 Å². The Kier molecular flexibility index (Phi) is 4.74. The van der Waals surface area contributed by atoms with Gasteiger partial charge in [-0.15, -0.1) is 0 Å². The summed E-state index contributed by atoms with van der Waals surface area (Å²) in [6.45, 7) is 11.1. The summed E-state index contributed by atoms with van der Waals surface area (Å²) in [6.07, 6.45) is 6.68. The van der Waals surface area contributed by atoms with Gasteiger partial charge in [0.2, 0.25) is 0 Å². The largest absolute Gasteiger partial charge is 0.507 e. The van der Waals surface area contributed by atoms with Crippen LogP contribution < -0.4 is 0 Å². The molecule has 3 atom stereocenters. The Balaban J connectivity index is 1.74. The highest BCUT2D eigenvalue weighted by atomic mass is 16.3. The fraction of sp³-hybridized carbons (Fsp3) is 0.448. The number of phenolic OH excluding ortho intramolecular Hbond substituents is 1. The molecule has 5 rings (SSSR count). The van der Waals surface area contributed by atoms with Crippen LogP contribution in [0.25, 0.3) is 11.8 Å². The first kappa shape index (κ1) is 22.9. The minimum absolute atomic E-state index is 0.0893. The minimum Gasteiger partial charge on any atom is -0.507 e. The van der Waals surface area contributed by atoms with Crippen molar-refractivity contribution in [2.24, 2.45) is 10.8 Å². The molecule has 2 saturated carbocycles. The second kappa shape index (κ2) is 7.05. The Bertz CT molecular complexity index is 1290. The van der Waals surface area contributed by atoms with E-state index in [9.17, 15) is 24.9 Å². The van der Waals surface area contributed by atoms with Crippen molar-refractivity contribution >= 4 is 23.4 Å². The van der Waals surface area contributed by atoms with Crippen molar-refractivity contribution in [1.29, 1.82) is 0 Å². The van der Waals surface area contributed by atoms with E-state index in [1.165, 1.54) is 18.9 Å². The number of fused-ring (bicyclic) bond motifs is 3. The van der Waals surface area contributed by atoms with E-state index in [0.29, 0.717) is 24.8 Å². The maximum absolute atomic E-state index is 14.1. The molecule has 4 aliphatic rings. The number of aliphatic hydroxyl groups is 2. The molecule has 0 aliphatic heterocycles. The molecule has 3 N–H and O–H groups in total. The average molecular weight is 461 g/mol. The SMILES string of the molecule is C=C1C(C(C)=O)=C(C)C[C@@]2(C)C[C@@]3(C)Cc4c(C=C5CCC5)ccc(O)c4C(O)=C3C(=O)[C@@]12O. The minimum atomic E-state index is -2.00. The zero-order valence-electron chi connectivity index (χ0n) is 20.3. The summed E-state index contributed by atoms with van der Waals surface area (Å²) < 4.78 is 0. The second-order valence-corrected chi connectivity index (χ2v) is 11.3. The smallest absolute Gasteiger partial charge is 0.199 e. The van der Waals surface area contributed by atoms with Gasteiger partial charge < -0.3 is 15.3 Å². The quantitative estimate of drug-likeness (QED) is 0.552. The third kappa shape index (κ3) is 2.76. The molecule has 0 spiro atoms. The van der Waals surface area contributed by atoms with E-state index in [2.05, 4.69) is 12.7 Å². The van der Waals surface area contributed by atoms with Gasteiger partial charge in [0.05, 0.1) is 5.56 Å². The molecule has 4 aliphatic carbocycles. The van der Waals surface area contributed by atoms with E-state index in [4.69, 9.17) is 0 Å². The predicted molar refractivity (Wildman–Crippen MR) is 131 cm³/mol. The van der Waals surface area contributed by atoms with Crippen LogP contribution in [0.5, 0.6) is 5.75 Å². The fourth-order valence-corrected chi connectivity index (χ4v) is 7.17. The van der Waals surface area contributed by atoms with Gasteiger partial charge in [0.1, 0.15) is 11.5 Å². The number of hydrogen-bond acceptors (Lipinski definition) is 5. The molecule has 0 saturated heterocycles. The van der Waals surface area contributed by atoms with Gasteiger partial charge in [0, 0.05) is 22.0 Å². The van der Waals surface area contributed by atoms with Gasteiger partial charge in [0.15, 0.2) is 17.2 Å². The first-order valence-corrected chi connectivity index (χ1v) is 12.0. The van der Waals surface area contributed by atoms with Gasteiger partial charge in [-0.2, -0.15) is 0 Å². The highest BCUT2D eigenvalue weighted by Gasteiger charge is 2.66. The zero-order valence-corrected chi connectivity index (χ0v) is 20.3. The van der Waals surface area contributed by atoms with Crippen molar-refractivity contribution in [2.75, 3.05) is 0 Å². The van der Waals surface area contributed by atoms with Crippen LogP contribution in [-0.4, -0.2) is 32.5 Å². The number of carbonyl (C=O) groups is 2. The van der Waals surface area contributed by atoms with Crippen LogP contribution in [0.1, 0.15) is 76.5 Å². The van der Waals surface area contributed by atoms with Crippen molar-refractivity contribution in [3.63, 3.8) is 0 Å². The highest BCUT2D eigenvalue weighted by molar-refractivity contribution is 6.14. The maximum atomic E-state index is 14.1. The molecule has 0 radical (unpaired) electrons. The summed E-state index contributed by atoms with van der Waals surface area (Å²) >= 11 is 0. The molecule has 0 bridgehead atoms. The first-order valence-electron chi connectivity index (χ1n) is 12.0. The molecule has 2 fully saturated rings. The Labute approximate surface area is 200 Å². The second-order valence-electron chi connectivity index (χ2n) is 11.3. The lowest BCUT2D eigenvalue weighted by molar-refractivity contribution is -0.153. The number of Topliss-reactive ketones (excluding diaryl/α,β-unsaturated/α-hetero) is 2. The van der Waals surface area contributed by atoms with Gasteiger partial charge in [-0.3, -0.25) is 9.59 Å². The van der Waals surface area contributed by atoms with Crippen LogP contribution in [-0.2, 0) is 16.0 Å².